The highest BCUT2D eigenvalue weighted by atomic mass is 19.4. The standard InChI is InChI=1S/C17H24F3N3O/c1-10-7-15(17(18,19)20)22-23(10)6-5-16(24)21-11(2)14-9-12-3-4-13(14)8-12/h7,11-14H,3-6,8-9H2,1-2H3,(H,21,24)/t11-,12-,13-,14-/m0/s1. The summed E-state index contributed by atoms with van der Waals surface area (Å²) in [5.41, 5.74) is -0.493. The molecule has 1 heterocycles. The second-order valence-electron chi connectivity index (χ2n) is 7.34. The minimum absolute atomic E-state index is 0.117. The monoisotopic (exact) mass is 343 g/mol. The first-order valence-electron chi connectivity index (χ1n) is 8.65. The average molecular weight is 343 g/mol. The number of rotatable bonds is 5. The highest BCUT2D eigenvalue weighted by Crippen LogP contribution is 2.49. The van der Waals surface area contributed by atoms with Crippen molar-refractivity contribution in [2.24, 2.45) is 17.8 Å². The fourth-order valence-electron chi connectivity index (χ4n) is 4.42. The second-order valence-corrected chi connectivity index (χ2v) is 7.34. The van der Waals surface area contributed by atoms with Gasteiger partial charge in [-0.15, -0.1) is 0 Å². The number of nitrogens with one attached hydrogen (secondary N) is 1. The fourth-order valence-corrected chi connectivity index (χ4v) is 4.42. The maximum Gasteiger partial charge on any atom is 0.435 e. The van der Waals surface area contributed by atoms with Gasteiger partial charge in [-0.3, -0.25) is 9.48 Å². The van der Waals surface area contributed by atoms with Crippen LogP contribution < -0.4 is 5.32 Å². The van der Waals surface area contributed by atoms with Crippen molar-refractivity contribution < 1.29 is 18.0 Å². The van der Waals surface area contributed by atoms with Gasteiger partial charge in [0.05, 0.1) is 0 Å². The molecule has 2 aliphatic rings. The maximum atomic E-state index is 12.6. The van der Waals surface area contributed by atoms with Gasteiger partial charge in [0.2, 0.25) is 5.91 Å². The van der Waals surface area contributed by atoms with Crippen LogP contribution in [0.1, 0.15) is 50.4 Å². The zero-order chi connectivity index (χ0) is 17.5. The predicted molar refractivity (Wildman–Crippen MR) is 83.1 cm³/mol. The molecule has 4 nitrogen and oxygen atoms in total. The van der Waals surface area contributed by atoms with Crippen LogP contribution in [0.2, 0.25) is 0 Å². The Labute approximate surface area is 139 Å². The molecule has 0 spiro atoms. The topological polar surface area (TPSA) is 46.9 Å². The van der Waals surface area contributed by atoms with Crippen molar-refractivity contribution in [3.05, 3.63) is 17.5 Å². The third kappa shape index (κ3) is 3.59. The van der Waals surface area contributed by atoms with Crippen LogP contribution in [-0.4, -0.2) is 21.7 Å². The quantitative estimate of drug-likeness (QED) is 0.889. The number of hydrogen-bond donors (Lipinski definition) is 1. The van der Waals surface area contributed by atoms with E-state index < -0.39 is 11.9 Å². The Balaban J connectivity index is 1.50. The molecule has 7 heteroatoms. The molecule has 3 rings (SSSR count). The molecule has 0 aromatic carbocycles. The lowest BCUT2D eigenvalue weighted by Gasteiger charge is -2.28. The molecule has 0 saturated heterocycles. The summed E-state index contributed by atoms with van der Waals surface area (Å²) in [5.74, 6) is 1.99. The van der Waals surface area contributed by atoms with E-state index in [9.17, 15) is 18.0 Å². The molecular formula is C17H24F3N3O. The van der Waals surface area contributed by atoms with Crippen LogP contribution in [0.5, 0.6) is 0 Å². The lowest BCUT2D eigenvalue weighted by Crippen LogP contribution is -2.40. The molecule has 2 bridgehead atoms. The number of aromatic nitrogens is 2. The van der Waals surface area contributed by atoms with Crippen LogP contribution in [0.3, 0.4) is 0 Å². The van der Waals surface area contributed by atoms with Crippen molar-refractivity contribution in [3.8, 4) is 0 Å². The molecule has 134 valence electrons. The molecule has 2 fully saturated rings. The van der Waals surface area contributed by atoms with Crippen LogP contribution in [-0.2, 0) is 17.5 Å². The molecule has 24 heavy (non-hydrogen) atoms. The van der Waals surface area contributed by atoms with Gasteiger partial charge in [-0.1, -0.05) is 6.42 Å². The largest absolute Gasteiger partial charge is 0.435 e. The molecule has 2 saturated carbocycles. The summed E-state index contributed by atoms with van der Waals surface area (Å²) in [6, 6.07) is 1.15. The number of alkyl halides is 3. The van der Waals surface area contributed by atoms with Crippen molar-refractivity contribution in [2.75, 3.05) is 0 Å². The summed E-state index contributed by atoms with van der Waals surface area (Å²) in [6.07, 6.45) is 0.765. The zero-order valence-electron chi connectivity index (χ0n) is 14.1. The SMILES string of the molecule is Cc1cc(C(F)(F)F)nn1CCC(=O)N[C@@H](C)[C@@H]1C[C@H]2CC[C@H]1C2. The molecule has 0 radical (unpaired) electrons. The van der Waals surface area contributed by atoms with Crippen LogP contribution in [0, 0.1) is 24.7 Å². The van der Waals surface area contributed by atoms with Crippen LogP contribution in [0.4, 0.5) is 13.2 Å². The summed E-state index contributed by atoms with van der Waals surface area (Å²) in [6.45, 7) is 3.78. The number of carbonyl (C=O) groups excluding carboxylic acids is 1. The highest BCUT2D eigenvalue weighted by Gasteiger charge is 2.42. The average Bonchev–Trinajstić information content (AvgIpc) is 3.19. The minimum atomic E-state index is -4.45. The third-order valence-electron chi connectivity index (χ3n) is 5.65. The molecule has 1 amide bonds. The smallest absolute Gasteiger partial charge is 0.353 e. The predicted octanol–water partition coefficient (Wildman–Crippen LogP) is 3.54. The number of carbonyl (C=O) groups is 1. The number of nitrogens with zero attached hydrogens (tertiary/aromatic N) is 2. The van der Waals surface area contributed by atoms with Gasteiger partial charge in [-0.25, -0.2) is 0 Å². The van der Waals surface area contributed by atoms with E-state index in [-0.39, 0.29) is 24.9 Å². The van der Waals surface area contributed by atoms with Gasteiger partial charge in [0.1, 0.15) is 0 Å². The van der Waals surface area contributed by atoms with E-state index in [0.717, 1.165) is 17.9 Å². The van der Waals surface area contributed by atoms with Crippen molar-refractivity contribution in [2.45, 2.75) is 64.7 Å². The van der Waals surface area contributed by atoms with Crippen LogP contribution in [0.15, 0.2) is 6.07 Å². The Bertz CT molecular complexity index is 611. The van der Waals surface area contributed by atoms with E-state index in [1.165, 1.54) is 30.4 Å². The Morgan fingerprint density at radius 2 is 2.17 bits per heavy atom. The molecular weight excluding hydrogens is 319 g/mol. The minimum Gasteiger partial charge on any atom is -0.353 e. The molecule has 2 aliphatic carbocycles. The number of halogens is 3. The Morgan fingerprint density at radius 1 is 1.42 bits per heavy atom. The summed E-state index contributed by atoms with van der Waals surface area (Å²) in [7, 11) is 0. The van der Waals surface area contributed by atoms with Crippen molar-refractivity contribution in [1.29, 1.82) is 0 Å². The second kappa shape index (κ2) is 6.41. The molecule has 1 aromatic heterocycles. The number of amides is 1. The highest BCUT2D eigenvalue weighted by molar-refractivity contribution is 5.76. The van der Waals surface area contributed by atoms with Gasteiger partial charge >= 0.3 is 6.18 Å². The lowest BCUT2D eigenvalue weighted by atomic mass is 9.84. The summed E-state index contributed by atoms with van der Waals surface area (Å²) < 4.78 is 39.2. The van der Waals surface area contributed by atoms with Crippen molar-refractivity contribution >= 4 is 5.91 Å². The van der Waals surface area contributed by atoms with Gasteiger partial charge in [-0.05, 0) is 56.9 Å². The number of aryl methyl sites for hydroxylation is 2. The molecule has 4 atom stereocenters. The first-order chi connectivity index (χ1) is 11.2. The number of hydrogen-bond acceptors (Lipinski definition) is 2. The summed E-state index contributed by atoms with van der Waals surface area (Å²) >= 11 is 0. The summed E-state index contributed by atoms with van der Waals surface area (Å²) in [4.78, 5) is 12.1. The molecule has 1 N–H and O–H groups in total. The van der Waals surface area contributed by atoms with Crippen molar-refractivity contribution in [1.82, 2.24) is 15.1 Å². The maximum absolute atomic E-state index is 12.6. The lowest BCUT2D eigenvalue weighted by molar-refractivity contribution is -0.141. The first-order valence-corrected chi connectivity index (χ1v) is 8.65. The van der Waals surface area contributed by atoms with Crippen LogP contribution in [0.25, 0.3) is 0 Å². The van der Waals surface area contributed by atoms with E-state index >= 15 is 0 Å². The third-order valence-corrected chi connectivity index (χ3v) is 5.65. The van der Waals surface area contributed by atoms with Gasteiger partial charge in [0.25, 0.3) is 0 Å². The zero-order valence-corrected chi connectivity index (χ0v) is 14.1. The normalized spacial score (nSPS) is 27.5. The van der Waals surface area contributed by atoms with Gasteiger partial charge in [0, 0.05) is 24.7 Å². The van der Waals surface area contributed by atoms with Gasteiger partial charge in [-0.2, -0.15) is 18.3 Å². The van der Waals surface area contributed by atoms with Crippen LogP contribution >= 0.6 is 0 Å². The molecule has 0 unspecified atom stereocenters. The van der Waals surface area contributed by atoms with E-state index in [4.69, 9.17) is 0 Å². The Morgan fingerprint density at radius 3 is 2.71 bits per heavy atom. The van der Waals surface area contributed by atoms with E-state index in [0.29, 0.717) is 11.6 Å². The Kier molecular flexibility index (Phi) is 4.62. The number of fused-ring (bicyclic) bond motifs is 2. The van der Waals surface area contributed by atoms with Gasteiger partial charge < -0.3 is 5.32 Å². The van der Waals surface area contributed by atoms with E-state index in [1.807, 2.05) is 6.92 Å². The molecule has 1 aromatic rings. The summed E-state index contributed by atoms with van der Waals surface area (Å²) in [5, 5.41) is 6.58. The Hall–Kier alpha value is -1.53. The van der Waals surface area contributed by atoms with E-state index in [2.05, 4.69) is 10.4 Å². The van der Waals surface area contributed by atoms with Crippen molar-refractivity contribution in [3.63, 3.8) is 0 Å². The fraction of sp³-hybridized carbons (Fsp3) is 0.765. The van der Waals surface area contributed by atoms with E-state index in [1.54, 1.807) is 6.92 Å². The molecule has 0 aliphatic heterocycles. The first kappa shape index (κ1) is 17.3. The van der Waals surface area contributed by atoms with Gasteiger partial charge in [0.15, 0.2) is 5.69 Å².